The Bertz CT molecular complexity index is 311. The van der Waals surface area contributed by atoms with Crippen molar-refractivity contribution in [1.29, 1.82) is 0 Å². The predicted octanol–water partition coefficient (Wildman–Crippen LogP) is 3.90. The summed E-state index contributed by atoms with van der Waals surface area (Å²) in [7, 11) is 1.95. The van der Waals surface area contributed by atoms with Crippen LogP contribution in [0.2, 0.25) is 0 Å². The lowest BCUT2D eigenvalue weighted by Crippen LogP contribution is -2.22. The van der Waals surface area contributed by atoms with Gasteiger partial charge in [-0.2, -0.15) is 0 Å². The first-order chi connectivity index (χ1) is 7.67. The number of nitrogens with one attached hydrogen (secondary N) is 1. The highest BCUT2D eigenvalue weighted by atomic mass is 79.9. The number of hydrogen-bond acceptors (Lipinski definition) is 2. The van der Waals surface area contributed by atoms with Gasteiger partial charge in [0.15, 0.2) is 0 Å². The van der Waals surface area contributed by atoms with Crippen molar-refractivity contribution in [3.05, 3.63) is 32.7 Å². The Morgan fingerprint density at radius 1 is 1.25 bits per heavy atom. The number of hydrogen-bond donors (Lipinski definition) is 1. The summed E-state index contributed by atoms with van der Waals surface area (Å²) in [4.78, 5) is 0. The molecule has 1 rings (SSSR count). The van der Waals surface area contributed by atoms with Crippen molar-refractivity contribution in [2.24, 2.45) is 0 Å². The summed E-state index contributed by atoms with van der Waals surface area (Å²) in [5.41, 5.74) is 1.22. The third-order valence-electron chi connectivity index (χ3n) is 2.27. The fraction of sp³-hybridized carbons (Fsp3) is 0.500. The van der Waals surface area contributed by atoms with Gasteiger partial charge >= 0.3 is 0 Å². The number of benzene rings is 1. The molecule has 1 N–H and O–H groups in total. The molecule has 1 atom stereocenters. The van der Waals surface area contributed by atoms with E-state index in [0.29, 0.717) is 6.61 Å². The lowest BCUT2D eigenvalue weighted by molar-refractivity contribution is 0.114. The molecule has 16 heavy (non-hydrogen) atoms. The second kappa shape index (κ2) is 7.43. The Morgan fingerprint density at radius 2 is 1.88 bits per heavy atom. The highest BCUT2D eigenvalue weighted by Crippen LogP contribution is 2.24. The Kier molecular flexibility index (Phi) is 6.58. The minimum absolute atomic E-state index is 0.236. The van der Waals surface area contributed by atoms with Gasteiger partial charge in [0.2, 0.25) is 0 Å². The average Bonchev–Trinajstić information content (AvgIpc) is 2.23. The molecular weight excluding hydrogens is 334 g/mol. The van der Waals surface area contributed by atoms with Crippen molar-refractivity contribution in [1.82, 2.24) is 5.32 Å². The first-order valence-electron chi connectivity index (χ1n) is 5.38. The molecule has 0 spiro atoms. The molecule has 0 heterocycles. The topological polar surface area (TPSA) is 21.3 Å². The Labute approximate surface area is 114 Å². The van der Waals surface area contributed by atoms with E-state index in [4.69, 9.17) is 4.74 Å². The van der Waals surface area contributed by atoms with Crippen LogP contribution in [0.25, 0.3) is 0 Å². The molecule has 0 aliphatic carbocycles. The fourth-order valence-corrected chi connectivity index (χ4v) is 2.80. The normalized spacial score (nSPS) is 12.8. The van der Waals surface area contributed by atoms with E-state index in [9.17, 15) is 0 Å². The van der Waals surface area contributed by atoms with Gasteiger partial charge in [0, 0.05) is 15.6 Å². The van der Waals surface area contributed by atoms with Gasteiger partial charge < -0.3 is 10.1 Å². The maximum atomic E-state index is 5.58. The summed E-state index contributed by atoms with van der Waals surface area (Å²) in [5, 5.41) is 3.27. The van der Waals surface area contributed by atoms with Gasteiger partial charge in [-0.3, -0.25) is 0 Å². The van der Waals surface area contributed by atoms with Crippen LogP contribution in [-0.2, 0) is 4.74 Å². The van der Waals surface area contributed by atoms with E-state index >= 15 is 0 Å². The van der Waals surface area contributed by atoms with Crippen molar-refractivity contribution < 1.29 is 4.74 Å². The van der Waals surface area contributed by atoms with Gasteiger partial charge in [0.25, 0.3) is 0 Å². The largest absolute Gasteiger partial charge is 0.379 e. The number of likely N-dealkylation sites (N-methyl/N-ethyl adjacent to an activating group) is 1. The maximum absolute atomic E-state index is 5.58. The van der Waals surface area contributed by atoms with Crippen LogP contribution in [0.15, 0.2) is 27.1 Å². The van der Waals surface area contributed by atoms with E-state index in [1.165, 1.54) is 5.56 Å². The van der Waals surface area contributed by atoms with Crippen LogP contribution in [-0.4, -0.2) is 20.3 Å². The summed E-state index contributed by atoms with van der Waals surface area (Å²) in [6, 6.07) is 6.49. The molecule has 1 unspecified atom stereocenters. The van der Waals surface area contributed by atoms with Gasteiger partial charge in [-0.1, -0.05) is 38.8 Å². The number of rotatable bonds is 6. The van der Waals surface area contributed by atoms with Crippen LogP contribution in [0, 0.1) is 0 Å². The van der Waals surface area contributed by atoms with Crippen LogP contribution in [0.4, 0.5) is 0 Å². The van der Waals surface area contributed by atoms with E-state index < -0.39 is 0 Å². The number of ether oxygens (including phenoxy) is 1. The summed E-state index contributed by atoms with van der Waals surface area (Å²) < 4.78 is 7.73. The molecule has 0 bridgehead atoms. The molecule has 0 amide bonds. The second-order valence-electron chi connectivity index (χ2n) is 3.62. The van der Waals surface area contributed by atoms with Gasteiger partial charge in [0.05, 0.1) is 12.6 Å². The molecule has 1 aromatic rings. The van der Waals surface area contributed by atoms with Crippen LogP contribution in [0.1, 0.15) is 24.9 Å². The minimum atomic E-state index is 0.236. The quantitative estimate of drug-likeness (QED) is 0.785. The standard InChI is InChI=1S/C12H17Br2NO/c1-3-4-16-8-12(15-2)9-5-10(13)7-11(14)6-9/h5-7,12,15H,3-4,8H2,1-2H3. The molecule has 0 aromatic heterocycles. The molecule has 0 saturated heterocycles. The molecule has 1 aromatic carbocycles. The van der Waals surface area contributed by atoms with Crippen molar-refractivity contribution >= 4 is 31.9 Å². The first kappa shape index (κ1) is 14.2. The van der Waals surface area contributed by atoms with Gasteiger partial charge in [-0.15, -0.1) is 0 Å². The molecule has 2 nitrogen and oxygen atoms in total. The first-order valence-corrected chi connectivity index (χ1v) is 6.97. The third kappa shape index (κ3) is 4.53. The predicted molar refractivity (Wildman–Crippen MR) is 74.8 cm³/mol. The zero-order valence-corrected chi connectivity index (χ0v) is 12.8. The lowest BCUT2D eigenvalue weighted by atomic mass is 10.1. The lowest BCUT2D eigenvalue weighted by Gasteiger charge is -2.17. The van der Waals surface area contributed by atoms with E-state index in [1.54, 1.807) is 0 Å². The van der Waals surface area contributed by atoms with Crippen molar-refractivity contribution in [2.45, 2.75) is 19.4 Å². The van der Waals surface area contributed by atoms with Crippen molar-refractivity contribution in [3.63, 3.8) is 0 Å². The van der Waals surface area contributed by atoms with Crippen LogP contribution in [0.3, 0.4) is 0 Å². The van der Waals surface area contributed by atoms with E-state index in [0.717, 1.165) is 22.0 Å². The van der Waals surface area contributed by atoms with E-state index in [1.807, 2.05) is 13.1 Å². The molecule has 0 saturated carbocycles. The minimum Gasteiger partial charge on any atom is -0.379 e. The molecule has 0 aliphatic heterocycles. The van der Waals surface area contributed by atoms with Gasteiger partial charge in [-0.25, -0.2) is 0 Å². The summed E-state index contributed by atoms with van der Waals surface area (Å²) in [6.45, 7) is 3.63. The Morgan fingerprint density at radius 3 is 2.38 bits per heavy atom. The third-order valence-corrected chi connectivity index (χ3v) is 3.18. The molecule has 0 fully saturated rings. The monoisotopic (exact) mass is 349 g/mol. The van der Waals surface area contributed by atoms with Crippen LogP contribution < -0.4 is 5.32 Å². The van der Waals surface area contributed by atoms with Gasteiger partial charge in [0.1, 0.15) is 0 Å². The Hall–Kier alpha value is 0.1000. The highest BCUT2D eigenvalue weighted by Gasteiger charge is 2.10. The smallest absolute Gasteiger partial charge is 0.0661 e. The molecular formula is C12H17Br2NO. The number of halogens is 2. The van der Waals surface area contributed by atoms with Crippen molar-refractivity contribution in [2.75, 3.05) is 20.3 Å². The highest BCUT2D eigenvalue weighted by molar-refractivity contribution is 9.11. The average molecular weight is 351 g/mol. The zero-order chi connectivity index (χ0) is 12.0. The van der Waals surface area contributed by atoms with Gasteiger partial charge in [-0.05, 0) is 37.2 Å². The maximum Gasteiger partial charge on any atom is 0.0661 e. The van der Waals surface area contributed by atoms with E-state index in [-0.39, 0.29) is 6.04 Å². The van der Waals surface area contributed by atoms with Crippen LogP contribution >= 0.6 is 31.9 Å². The summed E-state index contributed by atoms with van der Waals surface area (Å²) >= 11 is 6.99. The summed E-state index contributed by atoms with van der Waals surface area (Å²) in [5.74, 6) is 0. The summed E-state index contributed by atoms with van der Waals surface area (Å²) in [6.07, 6.45) is 1.05. The molecule has 0 aliphatic rings. The molecule has 4 heteroatoms. The molecule has 90 valence electrons. The fourth-order valence-electron chi connectivity index (χ4n) is 1.47. The second-order valence-corrected chi connectivity index (χ2v) is 5.45. The van der Waals surface area contributed by atoms with Crippen molar-refractivity contribution in [3.8, 4) is 0 Å². The Balaban J connectivity index is 2.70. The SMILES string of the molecule is CCCOCC(NC)c1cc(Br)cc(Br)c1. The molecule has 0 radical (unpaired) electrons. The van der Waals surface area contributed by atoms with E-state index in [2.05, 4.69) is 56.2 Å². The van der Waals surface area contributed by atoms with Crippen LogP contribution in [0.5, 0.6) is 0 Å². The zero-order valence-electron chi connectivity index (χ0n) is 9.59.